The maximum absolute atomic E-state index is 12.7. The van der Waals surface area contributed by atoms with Crippen molar-refractivity contribution in [3.8, 4) is 0 Å². The third-order valence-electron chi connectivity index (χ3n) is 4.06. The Kier molecular flexibility index (Phi) is 6.77. The zero-order valence-electron chi connectivity index (χ0n) is 15.0. The van der Waals surface area contributed by atoms with E-state index < -0.39 is 11.7 Å². The maximum Gasteiger partial charge on any atom is 0.416 e. The van der Waals surface area contributed by atoms with Gasteiger partial charge >= 0.3 is 6.18 Å². The molecule has 0 saturated heterocycles. The molecule has 3 aromatic rings. The third kappa shape index (κ3) is 5.37. The summed E-state index contributed by atoms with van der Waals surface area (Å²) in [6.45, 7) is 1.45. The molecule has 1 heterocycles. The summed E-state index contributed by atoms with van der Waals surface area (Å²) in [4.78, 5) is 5.35. The first kappa shape index (κ1) is 20.4. The Morgan fingerprint density at radius 3 is 2.50 bits per heavy atom. The second-order valence-electron chi connectivity index (χ2n) is 6.16. The number of pyridine rings is 1. The van der Waals surface area contributed by atoms with Crippen molar-refractivity contribution in [2.45, 2.75) is 24.0 Å². The van der Waals surface area contributed by atoms with Gasteiger partial charge in [-0.3, -0.25) is 0 Å². The van der Waals surface area contributed by atoms with Gasteiger partial charge in [-0.1, -0.05) is 18.2 Å². The fourth-order valence-corrected chi connectivity index (χ4v) is 3.28. The number of anilines is 1. The number of aliphatic hydroxyl groups excluding tert-OH is 1. The number of halogens is 3. The van der Waals surface area contributed by atoms with Crippen LogP contribution in [0.1, 0.15) is 17.7 Å². The Labute approximate surface area is 165 Å². The average molecular weight is 407 g/mol. The van der Waals surface area contributed by atoms with E-state index in [4.69, 9.17) is 5.11 Å². The van der Waals surface area contributed by atoms with E-state index in [1.54, 1.807) is 0 Å². The van der Waals surface area contributed by atoms with E-state index in [0.29, 0.717) is 24.4 Å². The van der Waals surface area contributed by atoms with Gasteiger partial charge in [-0.05, 0) is 61.3 Å². The molecular weight excluding hydrogens is 387 g/mol. The Morgan fingerprint density at radius 1 is 1.00 bits per heavy atom. The third-order valence-corrected chi connectivity index (χ3v) is 4.89. The van der Waals surface area contributed by atoms with Gasteiger partial charge in [0.1, 0.15) is 0 Å². The highest BCUT2D eigenvalue weighted by Crippen LogP contribution is 2.32. The monoisotopic (exact) mass is 407 g/mol. The molecule has 2 aromatic carbocycles. The summed E-state index contributed by atoms with van der Waals surface area (Å²) in [7, 11) is 0. The molecule has 148 valence electrons. The van der Waals surface area contributed by atoms with Gasteiger partial charge in [0.25, 0.3) is 0 Å². The summed E-state index contributed by atoms with van der Waals surface area (Å²) in [5.41, 5.74) is 1.80. The molecule has 0 aliphatic rings. The number of aliphatic hydroxyl groups is 1. The topological polar surface area (TPSA) is 57.2 Å². The number of para-hydroxylation sites is 1. The Bertz CT molecular complexity index is 917. The van der Waals surface area contributed by atoms with Crippen molar-refractivity contribution in [2.24, 2.45) is 0 Å². The highest BCUT2D eigenvalue weighted by atomic mass is 32.2. The van der Waals surface area contributed by atoms with E-state index in [1.165, 1.54) is 24.1 Å². The van der Waals surface area contributed by atoms with Crippen molar-refractivity contribution < 1.29 is 18.3 Å². The number of alkyl halides is 3. The second kappa shape index (κ2) is 9.27. The first-order chi connectivity index (χ1) is 13.5. The van der Waals surface area contributed by atoms with Crippen molar-refractivity contribution >= 4 is 28.5 Å². The van der Waals surface area contributed by atoms with Gasteiger partial charge in [-0.15, -0.1) is 0 Å². The molecule has 0 aliphatic heterocycles. The van der Waals surface area contributed by atoms with Crippen molar-refractivity contribution in [3.63, 3.8) is 0 Å². The predicted octanol–water partition coefficient (Wildman–Crippen LogP) is 4.84. The fraction of sp³-hybridized carbons (Fsp3) is 0.250. The standard InChI is InChI=1S/C20H20F3N3OS/c21-20(22,23)15-6-9-17(10-7-15)28-26-18-4-1-3-14-5-8-16(25-19(14)18)13-24-11-2-12-27/h1,3-10,24,26-27H,2,11-13H2. The lowest BCUT2D eigenvalue weighted by Crippen LogP contribution is -2.16. The largest absolute Gasteiger partial charge is 0.416 e. The molecule has 0 saturated carbocycles. The van der Waals surface area contributed by atoms with Crippen LogP contribution < -0.4 is 10.0 Å². The summed E-state index contributed by atoms with van der Waals surface area (Å²) in [5, 5.41) is 13.0. The van der Waals surface area contributed by atoms with Gasteiger partial charge in [-0.25, -0.2) is 4.98 Å². The molecule has 0 radical (unpaired) electrons. The molecule has 0 amide bonds. The summed E-state index contributed by atoms with van der Waals surface area (Å²) >= 11 is 1.24. The molecule has 0 fully saturated rings. The molecule has 0 unspecified atom stereocenters. The smallest absolute Gasteiger partial charge is 0.396 e. The van der Waals surface area contributed by atoms with Crippen LogP contribution in [0, 0.1) is 0 Å². The van der Waals surface area contributed by atoms with Crippen molar-refractivity contribution in [2.75, 3.05) is 17.9 Å². The quantitative estimate of drug-likeness (QED) is 0.368. The predicted molar refractivity (Wildman–Crippen MR) is 106 cm³/mol. The molecule has 28 heavy (non-hydrogen) atoms. The van der Waals surface area contributed by atoms with Crippen LogP contribution in [-0.2, 0) is 12.7 Å². The Hall–Kier alpha value is -2.29. The van der Waals surface area contributed by atoms with Crippen molar-refractivity contribution in [1.82, 2.24) is 10.3 Å². The lowest BCUT2D eigenvalue weighted by atomic mass is 10.2. The average Bonchev–Trinajstić information content (AvgIpc) is 2.69. The molecule has 0 atom stereocenters. The van der Waals surface area contributed by atoms with Gasteiger partial charge in [0.15, 0.2) is 0 Å². The molecule has 8 heteroatoms. The van der Waals surface area contributed by atoms with E-state index in [9.17, 15) is 13.2 Å². The lowest BCUT2D eigenvalue weighted by Gasteiger charge is -2.11. The fourth-order valence-electron chi connectivity index (χ4n) is 2.61. The van der Waals surface area contributed by atoms with Gasteiger partial charge in [-0.2, -0.15) is 13.2 Å². The van der Waals surface area contributed by atoms with Crippen LogP contribution in [0.5, 0.6) is 0 Å². The molecule has 0 bridgehead atoms. The number of nitrogens with one attached hydrogen (secondary N) is 2. The van der Waals surface area contributed by atoms with Crippen LogP contribution in [0.4, 0.5) is 18.9 Å². The number of rotatable bonds is 8. The van der Waals surface area contributed by atoms with E-state index >= 15 is 0 Å². The van der Waals surface area contributed by atoms with Crippen LogP contribution in [0.25, 0.3) is 10.9 Å². The zero-order valence-corrected chi connectivity index (χ0v) is 15.8. The van der Waals surface area contributed by atoms with E-state index in [0.717, 1.165) is 34.4 Å². The molecular formula is C20H20F3N3OS. The van der Waals surface area contributed by atoms with Crippen LogP contribution in [-0.4, -0.2) is 23.2 Å². The minimum atomic E-state index is -4.34. The van der Waals surface area contributed by atoms with Gasteiger partial charge in [0.2, 0.25) is 0 Å². The molecule has 3 N–H and O–H groups in total. The number of nitrogens with zero attached hydrogens (tertiary/aromatic N) is 1. The molecule has 0 spiro atoms. The summed E-state index contributed by atoms with van der Waals surface area (Å²) in [6, 6.07) is 14.7. The summed E-state index contributed by atoms with van der Waals surface area (Å²) in [6.07, 6.45) is -3.65. The van der Waals surface area contributed by atoms with Gasteiger partial charge in [0, 0.05) is 23.4 Å². The lowest BCUT2D eigenvalue weighted by molar-refractivity contribution is -0.137. The number of fused-ring (bicyclic) bond motifs is 1. The molecule has 4 nitrogen and oxygen atoms in total. The van der Waals surface area contributed by atoms with E-state index in [1.807, 2.05) is 30.3 Å². The molecule has 1 aromatic heterocycles. The van der Waals surface area contributed by atoms with Gasteiger partial charge in [0.05, 0.1) is 22.5 Å². The summed E-state index contributed by atoms with van der Waals surface area (Å²) < 4.78 is 41.2. The summed E-state index contributed by atoms with van der Waals surface area (Å²) in [5.74, 6) is 0. The zero-order chi connectivity index (χ0) is 20.0. The van der Waals surface area contributed by atoms with Gasteiger partial charge < -0.3 is 15.1 Å². The van der Waals surface area contributed by atoms with Crippen LogP contribution in [0.3, 0.4) is 0 Å². The minimum absolute atomic E-state index is 0.146. The molecule has 0 aliphatic carbocycles. The number of benzene rings is 2. The second-order valence-corrected chi connectivity index (χ2v) is 7.04. The van der Waals surface area contributed by atoms with Crippen molar-refractivity contribution in [3.05, 3.63) is 65.9 Å². The number of hydrogen-bond acceptors (Lipinski definition) is 5. The Balaban J connectivity index is 1.71. The molecule has 3 rings (SSSR count). The normalized spacial score (nSPS) is 11.7. The minimum Gasteiger partial charge on any atom is -0.396 e. The van der Waals surface area contributed by atoms with Crippen LogP contribution >= 0.6 is 11.9 Å². The van der Waals surface area contributed by atoms with E-state index in [2.05, 4.69) is 15.0 Å². The maximum atomic E-state index is 12.7. The van der Waals surface area contributed by atoms with Crippen molar-refractivity contribution in [1.29, 1.82) is 0 Å². The van der Waals surface area contributed by atoms with E-state index in [-0.39, 0.29) is 6.61 Å². The SMILES string of the molecule is OCCCNCc1ccc2cccc(NSc3ccc(C(F)(F)F)cc3)c2n1. The first-order valence-electron chi connectivity index (χ1n) is 8.78. The highest BCUT2D eigenvalue weighted by molar-refractivity contribution is 8.00. The van der Waals surface area contributed by atoms with Crippen LogP contribution in [0.15, 0.2) is 59.5 Å². The highest BCUT2D eigenvalue weighted by Gasteiger charge is 2.29. The number of aromatic nitrogens is 1. The first-order valence-corrected chi connectivity index (χ1v) is 9.59. The number of hydrogen-bond donors (Lipinski definition) is 3. The van der Waals surface area contributed by atoms with Crippen LogP contribution in [0.2, 0.25) is 0 Å². The Morgan fingerprint density at radius 2 is 1.79 bits per heavy atom.